The molecule has 1 rings (SSSR count). The highest BCUT2D eigenvalue weighted by Crippen LogP contribution is 2.17. The van der Waals surface area contributed by atoms with Crippen molar-refractivity contribution in [1.29, 1.82) is 0 Å². The van der Waals surface area contributed by atoms with Crippen molar-refractivity contribution in [3.05, 3.63) is 0 Å². The predicted octanol–water partition coefficient (Wildman–Crippen LogP) is 1.19. The second-order valence-electron chi connectivity index (χ2n) is 4.47. The first-order chi connectivity index (χ1) is 7.69. The molecule has 1 amide bonds. The molecule has 3 N–H and O–H groups in total. The lowest BCUT2D eigenvalue weighted by molar-refractivity contribution is -0.124. The fraction of sp³-hybridized carbons (Fsp3) is 0.917. The average molecular weight is 228 g/mol. The van der Waals surface area contributed by atoms with Crippen LogP contribution in [0.25, 0.3) is 0 Å². The molecule has 0 radical (unpaired) electrons. The van der Waals surface area contributed by atoms with Crippen LogP contribution in [0.1, 0.15) is 46.0 Å². The lowest BCUT2D eigenvalue weighted by atomic mass is 10.0. The van der Waals surface area contributed by atoms with Crippen LogP contribution in [0, 0.1) is 0 Å². The molecule has 3 unspecified atom stereocenters. The smallest absolute Gasteiger partial charge is 0.237 e. The maximum absolute atomic E-state index is 11.8. The maximum atomic E-state index is 11.8. The standard InChI is InChI=1S/C12H24N2O2/c1-3-6-9(13)12(15)14-10(4-2)11-7-5-8-16-11/h9-11H,3-8,13H2,1-2H3,(H,14,15). The number of carbonyl (C=O) groups excluding carboxylic acids is 1. The molecule has 1 aliphatic heterocycles. The van der Waals surface area contributed by atoms with Gasteiger partial charge >= 0.3 is 0 Å². The molecule has 0 aromatic carbocycles. The van der Waals surface area contributed by atoms with Gasteiger partial charge in [-0.2, -0.15) is 0 Å². The SMILES string of the molecule is CCCC(N)C(=O)NC(CC)C1CCCO1. The van der Waals surface area contributed by atoms with Crippen molar-refractivity contribution in [3.63, 3.8) is 0 Å². The van der Waals surface area contributed by atoms with Gasteiger partial charge in [0.2, 0.25) is 5.91 Å². The number of rotatable bonds is 6. The minimum Gasteiger partial charge on any atom is -0.376 e. The molecule has 0 aromatic rings. The number of carbonyl (C=O) groups is 1. The van der Waals surface area contributed by atoms with Crippen molar-refractivity contribution in [2.45, 2.75) is 64.1 Å². The molecule has 0 spiro atoms. The normalized spacial score (nSPS) is 24.1. The molecular formula is C12H24N2O2. The van der Waals surface area contributed by atoms with E-state index in [9.17, 15) is 4.79 Å². The molecule has 1 saturated heterocycles. The van der Waals surface area contributed by atoms with E-state index < -0.39 is 0 Å². The van der Waals surface area contributed by atoms with Crippen molar-refractivity contribution in [1.82, 2.24) is 5.32 Å². The van der Waals surface area contributed by atoms with Gasteiger partial charge in [0.1, 0.15) is 0 Å². The zero-order valence-electron chi connectivity index (χ0n) is 10.4. The van der Waals surface area contributed by atoms with E-state index in [1.54, 1.807) is 0 Å². The van der Waals surface area contributed by atoms with Gasteiger partial charge in [-0.25, -0.2) is 0 Å². The number of nitrogens with one attached hydrogen (secondary N) is 1. The first-order valence-corrected chi connectivity index (χ1v) is 6.36. The van der Waals surface area contributed by atoms with Crippen molar-refractivity contribution < 1.29 is 9.53 Å². The third kappa shape index (κ3) is 3.76. The summed E-state index contributed by atoms with van der Waals surface area (Å²) in [4.78, 5) is 11.8. The Bertz CT molecular complexity index is 215. The first-order valence-electron chi connectivity index (χ1n) is 6.36. The second kappa shape index (κ2) is 6.86. The van der Waals surface area contributed by atoms with Gasteiger partial charge in [-0.15, -0.1) is 0 Å². The van der Waals surface area contributed by atoms with Gasteiger partial charge in [0.05, 0.1) is 18.2 Å². The Hall–Kier alpha value is -0.610. The van der Waals surface area contributed by atoms with Crippen molar-refractivity contribution in [3.8, 4) is 0 Å². The van der Waals surface area contributed by atoms with Crippen LogP contribution in [0.2, 0.25) is 0 Å². The number of ether oxygens (including phenoxy) is 1. The Labute approximate surface area is 97.9 Å². The van der Waals surface area contributed by atoms with Crippen molar-refractivity contribution in [2.75, 3.05) is 6.61 Å². The molecule has 0 saturated carbocycles. The van der Waals surface area contributed by atoms with Gasteiger partial charge in [-0.05, 0) is 25.7 Å². The van der Waals surface area contributed by atoms with E-state index in [1.165, 1.54) is 0 Å². The number of hydrogen-bond acceptors (Lipinski definition) is 3. The molecule has 4 nitrogen and oxygen atoms in total. The third-order valence-corrected chi connectivity index (χ3v) is 3.12. The summed E-state index contributed by atoms with van der Waals surface area (Å²) >= 11 is 0. The Morgan fingerprint density at radius 1 is 1.56 bits per heavy atom. The van der Waals surface area contributed by atoms with E-state index in [1.807, 2.05) is 6.92 Å². The summed E-state index contributed by atoms with van der Waals surface area (Å²) < 4.78 is 5.59. The van der Waals surface area contributed by atoms with Crippen LogP contribution < -0.4 is 11.1 Å². The Morgan fingerprint density at radius 2 is 2.31 bits per heavy atom. The van der Waals surface area contributed by atoms with Gasteiger partial charge in [-0.1, -0.05) is 20.3 Å². The molecule has 94 valence electrons. The third-order valence-electron chi connectivity index (χ3n) is 3.12. The molecule has 16 heavy (non-hydrogen) atoms. The molecule has 0 bridgehead atoms. The van der Waals surface area contributed by atoms with Crippen LogP contribution in [0.3, 0.4) is 0 Å². The highest BCUT2D eigenvalue weighted by atomic mass is 16.5. The van der Waals surface area contributed by atoms with Gasteiger partial charge in [0.15, 0.2) is 0 Å². The molecule has 3 atom stereocenters. The van der Waals surface area contributed by atoms with Gasteiger partial charge < -0.3 is 15.8 Å². The summed E-state index contributed by atoms with van der Waals surface area (Å²) in [5.74, 6) is -0.0378. The topological polar surface area (TPSA) is 64.4 Å². The zero-order valence-corrected chi connectivity index (χ0v) is 10.4. The number of hydrogen-bond donors (Lipinski definition) is 2. The van der Waals surface area contributed by atoms with E-state index in [-0.39, 0.29) is 24.1 Å². The predicted molar refractivity (Wildman–Crippen MR) is 64.1 cm³/mol. The minimum absolute atomic E-state index is 0.0378. The quantitative estimate of drug-likeness (QED) is 0.717. The summed E-state index contributed by atoms with van der Waals surface area (Å²) in [6.07, 6.45) is 4.90. The van der Waals surface area contributed by atoms with Gasteiger partial charge in [0, 0.05) is 6.61 Å². The molecule has 1 aliphatic rings. The Morgan fingerprint density at radius 3 is 2.81 bits per heavy atom. The molecule has 1 heterocycles. The van der Waals surface area contributed by atoms with Crippen molar-refractivity contribution in [2.24, 2.45) is 5.73 Å². The summed E-state index contributed by atoms with van der Waals surface area (Å²) in [7, 11) is 0. The highest BCUT2D eigenvalue weighted by molar-refractivity contribution is 5.81. The summed E-state index contributed by atoms with van der Waals surface area (Å²) in [5.41, 5.74) is 5.78. The molecule has 4 heteroatoms. The van der Waals surface area contributed by atoms with Crippen LogP contribution in [0.4, 0.5) is 0 Å². The summed E-state index contributed by atoms with van der Waals surface area (Å²) in [6, 6.07) is -0.252. The van der Waals surface area contributed by atoms with Gasteiger partial charge in [-0.3, -0.25) is 4.79 Å². The van der Waals surface area contributed by atoms with Crippen LogP contribution >= 0.6 is 0 Å². The molecule has 0 aliphatic carbocycles. The fourth-order valence-corrected chi connectivity index (χ4v) is 2.11. The van der Waals surface area contributed by atoms with E-state index in [0.29, 0.717) is 0 Å². The average Bonchev–Trinajstić information content (AvgIpc) is 2.79. The van der Waals surface area contributed by atoms with E-state index in [0.717, 1.165) is 38.7 Å². The second-order valence-corrected chi connectivity index (χ2v) is 4.47. The zero-order chi connectivity index (χ0) is 12.0. The number of nitrogens with two attached hydrogens (primary N) is 1. The minimum atomic E-state index is -0.375. The Kier molecular flexibility index (Phi) is 5.77. The highest BCUT2D eigenvalue weighted by Gasteiger charge is 2.27. The van der Waals surface area contributed by atoms with Crippen LogP contribution in [0.5, 0.6) is 0 Å². The largest absolute Gasteiger partial charge is 0.376 e. The summed E-state index contributed by atoms with van der Waals surface area (Å²) in [6.45, 7) is 4.92. The fourth-order valence-electron chi connectivity index (χ4n) is 2.11. The maximum Gasteiger partial charge on any atom is 0.237 e. The van der Waals surface area contributed by atoms with E-state index in [2.05, 4.69) is 12.2 Å². The van der Waals surface area contributed by atoms with E-state index in [4.69, 9.17) is 10.5 Å². The monoisotopic (exact) mass is 228 g/mol. The molecule has 0 aromatic heterocycles. The molecular weight excluding hydrogens is 204 g/mol. The van der Waals surface area contributed by atoms with Crippen LogP contribution in [0.15, 0.2) is 0 Å². The van der Waals surface area contributed by atoms with Crippen molar-refractivity contribution >= 4 is 5.91 Å². The lowest BCUT2D eigenvalue weighted by Crippen LogP contribution is -2.49. The first kappa shape index (κ1) is 13.5. The lowest BCUT2D eigenvalue weighted by Gasteiger charge is -2.24. The molecule has 1 fully saturated rings. The van der Waals surface area contributed by atoms with Crippen LogP contribution in [-0.2, 0) is 9.53 Å². The Balaban J connectivity index is 2.39. The van der Waals surface area contributed by atoms with E-state index >= 15 is 0 Å². The number of amides is 1. The summed E-state index contributed by atoms with van der Waals surface area (Å²) in [5, 5.41) is 3.00. The van der Waals surface area contributed by atoms with Gasteiger partial charge in [0.25, 0.3) is 0 Å². The van der Waals surface area contributed by atoms with Crippen LogP contribution in [-0.4, -0.2) is 30.7 Å².